The summed E-state index contributed by atoms with van der Waals surface area (Å²) in [5.74, 6) is 0.471. The average Bonchev–Trinajstić information content (AvgIpc) is 3.02. The first-order chi connectivity index (χ1) is 7.20. The number of carbonyl (C=O) groups excluding carboxylic acids is 1. The van der Waals surface area contributed by atoms with Gasteiger partial charge in [0, 0.05) is 30.3 Å². The van der Waals surface area contributed by atoms with E-state index in [1.807, 2.05) is 0 Å². The Labute approximate surface area is 92.8 Å². The Balaban J connectivity index is 2.41. The topological polar surface area (TPSA) is 52.6 Å². The number of rotatable bonds is 7. The molecule has 0 N–H and O–H groups in total. The largest absolute Gasteiger partial charge is 0.468 e. The van der Waals surface area contributed by atoms with Gasteiger partial charge in [0.1, 0.15) is 5.25 Å². The van der Waals surface area contributed by atoms with Crippen molar-refractivity contribution in [2.24, 2.45) is 5.92 Å². The summed E-state index contributed by atoms with van der Waals surface area (Å²) in [4.78, 5) is 11.4. The number of hydrogen-bond acceptors (Lipinski definition) is 4. The van der Waals surface area contributed by atoms with Crippen molar-refractivity contribution in [3.05, 3.63) is 0 Å². The van der Waals surface area contributed by atoms with Gasteiger partial charge in [0.25, 0.3) is 0 Å². The van der Waals surface area contributed by atoms with E-state index in [1.165, 1.54) is 7.11 Å². The quantitative estimate of drug-likeness (QED) is 0.481. The summed E-state index contributed by atoms with van der Waals surface area (Å²) in [7, 11) is 1.85. The molecule has 2 unspecified atom stereocenters. The Morgan fingerprint density at radius 1 is 1.47 bits per heavy atom. The van der Waals surface area contributed by atoms with Crippen molar-refractivity contribution in [1.29, 1.82) is 0 Å². The van der Waals surface area contributed by atoms with Crippen LogP contribution in [0.5, 0.6) is 0 Å². The van der Waals surface area contributed by atoms with Gasteiger partial charge in [-0.3, -0.25) is 9.00 Å². The average molecular weight is 234 g/mol. The second-order valence-electron chi connectivity index (χ2n) is 3.71. The fourth-order valence-corrected chi connectivity index (χ4v) is 3.17. The molecule has 0 saturated heterocycles. The molecule has 1 rings (SSSR count). The van der Waals surface area contributed by atoms with Crippen LogP contribution >= 0.6 is 0 Å². The monoisotopic (exact) mass is 234 g/mol. The van der Waals surface area contributed by atoms with E-state index in [-0.39, 0.29) is 11.9 Å². The minimum atomic E-state index is -1.11. The summed E-state index contributed by atoms with van der Waals surface area (Å²) in [5.41, 5.74) is 0. The van der Waals surface area contributed by atoms with Crippen LogP contribution in [0.15, 0.2) is 0 Å². The molecule has 0 radical (unpaired) electrons. The molecule has 15 heavy (non-hydrogen) atoms. The Bertz CT molecular complexity index is 238. The molecular weight excluding hydrogens is 216 g/mol. The van der Waals surface area contributed by atoms with Gasteiger partial charge >= 0.3 is 5.97 Å². The third-order valence-electron chi connectivity index (χ3n) is 2.46. The zero-order valence-corrected chi connectivity index (χ0v) is 10.0. The highest BCUT2D eigenvalue weighted by Crippen LogP contribution is 2.36. The summed E-state index contributed by atoms with van der Waals surface area (Å²) in [6, 6.07) is 0. The molecule has 0 spiro atoms. The lowest BCUT2D eigenvalue weighted by Crippen LogP contribution is -2.31. The predicted octanol–water partition coefficient (Wildman–Crippen LogP) is 0.723. The van der Waals surface area contributed by atoms with Crippen LogP contribution in [0, 0.1) is 5.92 Å². The molecule has 0 heterocycles. The maximum atomic E-state index is 11.9. The van der Waals surface area contributed by atoms with Crippen LogP contribution in [0.25, 0.3) is 0 Å². The lowest BCUT2D eigenvalue weighted by atomic mass is 10.3. The van der Waals surface area contributed by atoms with E-state index in [9.17, 15) is 9.00 Å². The molecule has 0 aromatic rings. The fourth-order valence-electron chi connectivity index (χ4n) is 1.50. The molecule has 4 nitrogen and oxygen atoms in total. The van der Waals surface area contributed by atoms with E-state index < -0.39 is 16.0 Å². The fraction of sp³-hybridized carbons (Fsp3) is 0.900. The number of esters is 1. The van der Waals surface area contributed by atoms with Gasteiger partial charge in [-0.15, -0.1) is 0 Å². The molecule has 0 aromatic carbocycles. The molecule has 0 aromatic heterocycles. The number of methoxy groups -OCH3 is 2. The van der Waals surface area contributed by atoms with Crippen molar-refractivity contribution in [3.63, 3.8) is 0 Å². The van der Waals surface area contributed by atoms with Crippen LogP contribution < -0.4 is 0 Å². The molecule has 1 aliphatic carbocycles. The molecule has 1 saturated carbocycles. The second-order valence-corrected chi connectivity index (χ2v) is 5.39. The van der Waals surface area contributed by atoms with Gasteiger partial charge in [-0.1, -0.05) is 0 Å². The highest BCUT2D eigenvalue weighted by atomic mass is 32.2. The van der Waals surface area contributed by atoms with Gasteiger partial charge in [0.15, 0.2) is 0 Å². The highest BCUT2D eigenvalue weighted by Gasteiger charge is 2.40. The maximum absolute atomic E-state index is 11.9. The molecule has 0 amide bonds. The van der Waals surface area contributed by atoms with Crippen molar-refractivity contribution in [2.75, 3.05) is 26.6 Å². The molecule has 0 aliphatic heterocycles. The zero-order valence-electron chi connectivity index (χ0n) is 9.23. The van der Waals surface area contributed by atoms with Crippen LogP contribution in [0.2, 0.25) is 0 Å². The van der Waals surface area contributed by atoms with Crippen LogP contribution in [-0.4, -0.2) is 42.0 Å². The van der Waals surface area contributed by atoms with Crippen LogP contribution in [0.1, 0.15) is 19.3 Å². The molecule has 2 atom stereocenters. The SMILES string of the molecule is COCCCS(=O)C(C(=O)OC)C1CC1. The van der Waals surface area contributed by atoms with E-state index in [1.54, 1.807) is 7.11 Å². The Kier molecular flexibility index (Phi) is 5.25. The van der Waals surface area contributed by atoms with Gasteiger partial charge in [0.2, 0.25) is 0 Å². The van der Waals surface area contributed by atoms with Gasteiger partial charge in [-0.25, -0.2) is 0 Å². The first kappa shape index (κ1) is 12.6. The third kappa shape index (κ3) is 3.91. The van der Waals surface area contributed by atoms with Crippen molar-refractivity contribution in [3.8, 4) is 0 Å². The lowest BCUT2D eigenvalue weighted by Gasteiger charge is -2.12. The van der Waals surface area contributed by atoms with Crippen molar-refractivity contribution >= 4 is 16.8 Å². The summed E-state index contributed by atoms with van der Waals surface area (Å²) in [6.45, 7) is 0.588. The third-order valence-corrected chi connectivity index (χ3v) is 4.30. The van der Waals surface area contributed by atoms with Crippen LogP contribution in [0.3, 0.4) is 0 Å². The molecule has 5 heteroatoms. The van der Waals surface area contributed by atoms with Crippen LogP contribution in [-0.2, 0) is 25.1 Å². The standard InChI is InChI=1S/C10H18O4S/c1-13-6-3-7-15(12)9(8-4-5-8)10(11)14-2/h8-9H,3-7H2,1-2H3. The maximum Gasteiger partial charge on any atom is 0.321 e. The van der Waals surface area contributed by atoms with E-state index in [0.29, 0.717) is 12.4 Å². The van der Waals surface area contributed by atoms with E-state index in [4.69, 9.17) is 4.74 Å². The summed E-state index contributed by atoms with van der Waals surface area (Å²) in [5, 5.41) is -0.410. The van der Waals surface area contributed by atoms with E-state index in [2.05, 4.69) is 4.74 Å². The van der Waals surface area contributed by atoms with Crippen molar-refractivity contribution < 1.29 is 18.5 Å². The van der Waals surface area contributed by atoms with Gasteiger partial charge in [-0.2, -0.15) is 0 Å². The molecule has 1 fully saturated rings. The molecule has 0 bridgehead atoms. The Hall–Kier alpha value is -0.420. The molecule has 88 valence electrons. The minimum absolute atomic E-state index is 0.279. The second kappa shape index (κ2) is 6.23. The van der Waals surface area contributed by atoms with Gasteiger partial charge < -0.3 is 9.47 Å². The lowest BCUT2D eigenvalue weighted by molar-refractivity contribution is -0.140. The first-order valence-corrected chi connectivity index (χ1v) is 6.53. The summed E-state index contributed by atoms with van der Waals surface area (Å²) >= 11 is 0. The number of carbonyl (C=O) groups is 1. The predicted molar refractivity (Wildman–Crippen MR) is 58.0 cm³/mol. The van der Waals surface area contributed by atoms with Crippen molar-refractivity contribution in [2.45, 2.75) is 24.5 Å². The number of hydrogen-bond donors (Lipinski definition) is 0. The minimum Gasteiger partial charge on any atom is -0.468 e. The molecular formula is C10H18O4S. The summed E-state index contributed by atoms with van der Waals surface area (Å²) in [6.07, 6.45) is 2.72. The smallest absolute Gasteiger partial charge is 0.321 e. The highest BCUT2D eigenvalue weighted by molar-refractivity contribution is 7.86. The van der Waals surface area contributed by atoms with Crippen LogP contribution in [0.4, 0.5) is 0 Å². The van der Waals surface area contributed by atoms with E-state index >= 15 is 0 Å². The molecule has 1 aliphatic rings. The number of ether oxygens (including phenoxy) is 2. The van der Waals surface area contributed by atoms with Gasteiger partial charge in [0.05, 0.1) is 7.11 Å². The Morgan fingerprint density at radius 3 is 2.60 bits per heavy atom. The summed E-state index contributed by atoms with van der Waals surface area (Å²) < 4.78 is 21.4. The normalized spacial score (nSPS) is 19.6. The van der Waals surface area contributed by atoms with E-state index in [0.717, 1.165) is 19.3 Å². The van der Waals surface area contributed by atoms with Gasteiger partial charge in [-0.05, 0) is 25.2 Å². The van der Waals surface area contributed by atoms with Crippen molar-refractivity contribution in [1.82, 2.24) is 0 Å². The zero-order chi connectivity index (χ0) is 11.3. The first-order valence-electron chi connectivity index (χ1n) is 5.14. The Morgan fingerprint density at radius 2 is 2.13 bits per heavy atom.